The minimum Gasteiger partial charge on any atom is -0.319 e. The van der Waals surface area contributed by atoms with E-state index in [1.165, 1.54) is 24.2 Å². The van der Waals surface area contributed by atoms with E-state index in [2.05, 4.69) is 5.32 Å². The molecule has 0 bridgehead atoms. The fraction of sp³-hybridized carbons (Fsp3) is 0.714. The molecule has 1 fully saturated rings. The maximum Gasteiger partial charge on any atom is 0.252 e. The van der Waals surface area contributed by atoms with Gasteiger partial charge in [0.1, 0.15) is 4.21 Å². The zero-order valence-electron chi connectivity index (χ0n) is 12.3. The van der Waals surface area contributed by atoms with Gasteiger partial charge in [-0.25, -0.2) is 8.42 Å². The summed E-state index contributed by atoms with van der Waals surface area (Å²) in [6.07, 6.45) is 4.10. The molecule has 1 saturated carbocycles. The van der Waals surface area contributed by atoms with Gasteiger partial charge in [-0.15, -0.1) is 11.3 Å². The van der Waals surface area contributed by atoms with Gasteiger partial charge in [-0.1, -0.05) is 6.92 Å². The molecular formula is C14H24N2O2S2. The SMILES string of the molecule is CCCN(CC1CC1)S(=O)(=O)c1ccc(CCNC)s1. The maximum absolute atomic E-state index is 12.7. The summed E-state index contributed by atoms with van der Waals surface area (Å²) in [6, 6.07) is 3.71. The summed E-state index contributed by atoms with van der Waals surface area (Å²) >= 11 is 1.41. The van der Waals surface area contributed by atoms with E-state index in [4.69, 9.17) is 0 Å². The first-order valence-corrected chi connectivity index (χ1v) is 9.57. The van der Waals surface area contributed by atoms with Crippen LogP contribution in [0.2, 0.25) is 0 Å². The number of nitrogens with one attached hydrogen (secondary N) is 1. The Morgan fingerprint density at radius 2 is 2.15 bits per heavy atom. The second-order valence-corrected chi connectivity index (χ2v) is 8.71. The lowest BCUT2D eigenvalue weighted by atomic mass is 10.3. The first-order chi connectivity index (χ1) is 9.57. The van der Waals surface area contributed by atoms with Crippen LogP contribution in [0.1, 0.15) is 31.1 Å². The summed E-state index contributed by atoms with van der Waals surface area (Å²) in [5.74, 6) is 0.583. The minimum absolute atomic E-state index is 0.498. The molecule has 6 heteroatoms. The van der Waals surface area contributed by atoms with E-state index in [9.17, 15) is 8.42 Å². The Morgan fingerprint density at radius 1 is 1.40 bits per heavy atom. The molecule has 1 heterocycles. The number of thiophene rings is 1. The quantitative estimate of drug-likeness (QED) is 0.760. The van der Waals surface area contributed by atoms with Crippen molar-refractivity contribution in [3.8, 4) is 0 Å². The molecule has 0 aromatic carbocycles. The van der Waals surface area contributed by atoms with Gasteiger partial charge in [0.05, 0.1) is 0 Å². The molecule has 0 atom stereocenters. The van der Waals surface area contributed by atoms with Crippen LogP contribution < -0.4 is 5.32 Å². The van der Waals surface area contributed by atoms with Crippen LogP contribution in [0.5, 0.6) is 0 Å². The van der Waals surface area contributed by atoms with E-state index in [-0.39, 0.29) is 0 Å². The highest BCUT2D eigenvalue weighted by Crippen LogP contribution is 2.33. The summed E-state index contributed by atoms with van der Waals surface area (Å²) < 4.78 is 27.6. The van der Waals surface area contributed by atoms with E-state index in [0.29, 0.717) is 23.2 Å². The Bertz CT molecular complexity index is 521. The summed E-state index contributed by atoms with van der Waals surface area (Å²) in [7, 11) is -1.38. The standard InChI is InChI=1S/C14H24N2O2S2/c1-3-10-16(11-12-4-5-12)20(17,18)14-7-6-13(19-14)8-9-15-2/h6-7,12,15H,3-5,8-11H2,1-2H3. The van der Waals surface area contributed by atoms with Crippen molar-refractivity contribution in [3.63, 3.8) is 0 Å². The highest BCUT2D eigenvalue weighted by Gasteiger charge is 2.31. The van der Waals surface area contributed by atoms with E-state index in [1.807, 2.05) is 20.0 Å². The number of hydrogen-bond acceptors (Lipinski definition) is 4. The third-order valence-electron chi connectivity index (χ3n) is 3.48. The van der Waals surface area contributed by atoms with Crippen LogP contribution >= 0.6 is 11.3 Å². The Labute approximate surface area is 126 Å². The Hall–Kier alpha value is -0.430. The minimum atomic E-state index is -3.29. The molecule has 114 valence electrons. The van der Waals surface area contributed by atoms with Crippen molar-refractivity contribution in [2.75, 3.05) is 26.7 Å². The zero-order chi connectivity index (χ0) is 14.6. The molecule has 1 aliphatic rings. The number of likely N-dealkylation sites (N-methyl/N-ethyl adjacent to an activating group) is 1. The molecule has 0 radical (unpaired) electrons. The fourth-order valence-electron chi connectivity index (χ4n) is 2.15. The predicted molar refractivity (Wildman–Crippen MR) is 83.7 cm³/mol. The van der Waals surface area contributed by atoms with Gasteiger partial charge < -0.3 is 5.32 Å². The monoisotopic (exact) mass is 316 g/mol. The van der Waals surface area contributed by atoms with Crippen molar-refractivity contribution in [2.24, 2.45) is 5.92 Å². The molecule has 0 aliphatic heterocycles. The predicted octanol–water partition coefficient (Wildman–Crippen LogP) is 2.32. The van der Waals surface area contributed by atoms with Crippen LogP contribution in [0.25, 0.3) is 0 Å². The van der Waals surface area contributed by atoms with E-state index in [0.717, 1.165) is 24.3 Å². The Kier molecular flexibility index (Phi) is 5.60. The lowest BCUT2D eigenvalue weighted by molar-refractivity contribution is 0.397. The van der Waals surface area contributed by atoms with E-state index >= 15 is 0 Å². The number of sulfonamides is 1. The third-order valence-corrected chi connectivity index (χ3v) is 6.96. The zero-order valence-corrected chi connectivity index (χ0v) is 13.9. The van der Waals surface area contributed by atoms with Crippen molar-refractivity contribution in [1.29, 1.82) is 0 Å². The topological polar surface area (TPSA) is 49.4 Å². The second-order valence-electron chi connectivity index (χ2n) is 5.38. The van der Waals surface area contributed by atoms with Crippen LogP contribution in [0.4, 0.5) is 0 Å². The second kappa shape index (κ2) is 7.02. The highest BCUT2D eigenvalue weighted by molar-refractivity contribution is 7.91. The van der Waals surface area contributed by atoms with E-state index in [1.54, 1.807) is 10.4 Å². The molecule has 0 amide bonds. The van der Waals surface area contributed by atoms with Gasteiger partial charge >= 0.3 is 0 Å². The lowest BCUT2D eigenvalue weighted by Crippen LogP contribution is -2.33. The van der Waals surface area contributed by atoms with Gasteiger partial charge in [-0.2, -0.15) is 4.31 Å². The van der Waals surface area contributed by atoms with Crippen molar-refractivity contribution >= 4 is 21.4 Å². The molecule has 4 nitrogen and oxygen atoms in total. The third kappa shape index (κ3) is 4.04. The summed E-state index contributed by atoms with van der Waals surface area (Å²) in [6.45, 7) is 4.23. The van der Waals surface area contributed by atoms with Crippen molar-refractivity contribution in [1.82, 2.24) is 9.62 Å². The molecule has 1 aromatic rings. The molecular weight excluding hydrogens is 292 g/mol. The van der Waals surface area contributed by atoms with Gasteiger partial charge in [0.25, 0.3) is 10.0 Å². The van der Waals surface area contributed by atoms with Gasteiger partial charge in [0.2, 0.25) is 0 Å². The molecule has 20 heavy (non-hydrogen) atoms. The largest absolute Gasteiger partial charge is 0.319 e. The number of rotatable bonds is 9. The van der Waals surface area contributed by atoms with Crippen LogP contribution in [0, 0.1) is 5.92 Å². The molecule has 1 aliphatic carbocycles. The highest BCUT2D eigenvalue weighted by atomic mass is 32.2. The van der Waals surface area contributed by atoms with Crippen LogP contribution in [-0.2, 0) is 16.4 Å². The van der Waals surface area contributed by atoms with E-state index < -0.39 is 10.0 Å². The van der Waals surface area contributed by atoms with Gasteiger partial charge in [0, 0.05) is 18.0 Å². The normalized spacial score (nSPS) is 15.9. The van der Waals surface area contributed by atoms with Crippen LogP contribution in [-0.4, -0.2) is 39.4 Å². The van der Waals surface area contributed by atoms with Crippen LogP contribution in [0.3, 0.4) is 0 Å². The number of nitrogens with zero attached hydrogens (tertiary/aromatic N) is 1. The lowest BCUT2D eigenvalue weighted by Gasteiger charge is -2.20. The Balaban J connectivity index is 2.11. The molecule has 1 N–H and O–H groups in total. The first-order valence-electron chi connectivity index (χ1n) is 7.31. The van der Waals surface area contributed by atoms with Gasteiger partial charge in [-0.05, 0) is 57.3 Å². The fourth-order valence-corrected chi connectivity index (χ4v) is 5.27. The smallest absolute Gasteiger partial charge is 0.252 e. The van der Waals surface area contributed by atoms with Crippen molar-refractivity contribution in [3.05, 3.63) is 17.0 Å². The Morgan fingerprint density at radius 3 is 2.75 bits per heavy atom. The summed E-state index contributed by atoms with van der Waals surface area (Å²) in [5.41, 5.74) is 0. The number of hydrogen-bond donors (Lipinski definition) is 1. The van der Waals surface area contributed by atoms with Crippen molar-refractivity contribution in [2.45, 2.75) is 36.8 Å². The van der Waals surface area contributed by atoms with Crippen molar-refractivity contribution < 1.29 is 8.42 Å². The van der Waals surface area contributed by atoms with Gasteiger partial charge in [0.15, 0.2) is 0 Å². The molecule has 0 saturated heterocycles. The van der Waals surface area contributed by atoms with Crippen LogP contribution in [0.15, 0.2) is 16.3 Å². The first kappa shape index (κ1) is 15.9. The maximum atomic E-state index is 12.7. The molecule has 1 aromatic heterocycles. The molecule has 0 unspecified atom stereocenters. The summed E-state index contributed by atoms with van der Waals surface area (Å²) in [4.78, 5) is 1.13. The molecule has 0 spiro atoms. The average Bonchev–Trinajstić information content (AvgIpc) is 3.10. The average molecular weight is 316 g/mol. The van der Waals surface area contributed by atoms with Gasteiger partial charge in [-0.3, -0.25) is 0 Å². The summed E-state index contributed by atoms with van der Waals surface area (Å²) in [5, 5.41) is 3.09. The molecule has 2 rings (SSSR count).